The summed E-state index contributed by atoms with van der Waals surface area (Å²) in [5.41, 5.74) is 0.971. The molecule has 30 heavy (non-hydrogen) atoms. The van der Waals surface area contributed by atoms with Gasteiger partial charge in [0.1, 0.15) is 11.6 Å². The van der Waals surface area contributed by atoms with Crippen molar-refractivity contribution in [1.29, 1.82) is 0 Å². The van der Waals surface area contributed by atoms with E-state index in [1.807, 2.05) is 6.07 Å². The number of piperazine rings is 1. The summed E-state index contributed by atoms with van der Waals surface area (Å²) < 4.78 is 18.7. The van der Waals surface area contributed by atoms with Gasteiger partial charge in [-0.1, -0.05) is 0 Å². The zero-order valence-electron chi connectivity index (χ0n) is 16.7. The average Bonchev–Trinajstić information content (AvgIpc) is 3.29. The van der Waals surface area contributed by atoms with Gasteiger partial charge in [-0.25, -0.2) is 4.39 Å². The van der Waals surface area contributed by atoms with Gasteiger partial charge in [0.05, 0.1) is 12.3 Å². The molecule has 1 fully saturated rings. The van der Waals surface area contributed by atoms with E-state index in [0.717, 1.165) is 31.9 Å². The first kappa shape index (κ1) is 21.8. The zero-order valence-corrected chi connectivity index (χ0v) is 16.7. The van der Waals surface area contributed by atoms with Crippen LogP contribution in [-0.2, 0) is 9.59 Å². The number of carbonyl (C=O) groups is 2. The van der Waals surface area contributed by atoms with Crippen molar-refractivity contribution >= 4 is 17.5 Å². The number of rotatable bonds is 8. The van der Waals surface area contributed by atoms with E-state index >= 15 is 0 Å². The van der Waals surface area contributed by atoms with Gasteiger partial charge in [0.15, 0.2) is 0 Å². The molecule has 3 rings (SSSR count). The normalized spacial score (nSPS) is 15.6. The molecule has 2 amide bonds. The van der Waals surface area contributed by atoms with Crippen molar-refractivity contribution in [1.82, 2.24) is 15.5 Å². The van der Waals surface area contributed by atoms with Crippen molar-refractivity contribution in [2.45, 2.75) is 12.5 Å². The molecule has 2 heterocycles. The first-order valence-electron chi connectivity index (χ1n) is 10.0. The molecule has 0 radical (unpaired) electrons. The van der Waals surface area contributed by atoms with Crippen LogP contribution >= 0.6 is 0 Å². The molecule has 8 nitrogen and oxygen atoms in total. The topological polar surface area (TPSA) is 98.0 Å². The summed E-state index contributed by atoms with van der Waals surface area (Å²) in [4.78, 5) is 28.3. The predicted octanol–water partition coefficient (Wildman–Crippen LogP) is 0.897. The van der Waals surface area contributed by atoms with Crippen molar-refractivity contribution in [3.63, 3.8) is 0 Å². The summed E-state index contributed by atoms with van der Waals surface area (Å²) in [7, 11) is 0. The third-order valence-corrected chi connectivity index (χ3v) is 5.10. The molecular formula is C21H27FN4O4. The standard InChI is InChI=1S/C21H27FN4O4/c22-16-4-6-17(7-5-16)25-9-11-26(12-10-25)18(19-3-1-14-30-19)15-24-21(29)20(28)23-8-2-13-27/h1,3-7,14,18,27H,2,8-13,15H2,(H,23,28)(H,24,29). The van der Waals surface area contributed by atoms with Crippen LogP contribution in [0, 0.1) is 5.82 Å². The van der Waals surface area contributed by atoms with E-state index in [4.69, 9.17) is 9.52 Å². The van der Waals surface area contributed by atoms with Gasteiger partial charge in [-0.15, -0.1) is 0 Å². The van der Waals surface area contributed by atoms with E-state index in [1.54, 1.807) is 24.5 Å². The van der Waals surface area contributed by atoms with E-state index in [2.05, 4.69) is 20.4 Å². The van der Waals surface area contributed by atoms with Crippen LogP contribution in [0.15, 0.2) is 47.1 Å². The Labute approximate surface area is 174 Å². The van der Waals surface area contributed by atoms with Crippen LogP contribution in [0.5, 0.6) is 0 Å². The molecule has 0 aliphatic carbocycles. The number of aliphatic hydroxyl groups excluding tert-OH is 1. The van der Waals surface area contributed by atoms with Crippen molar-refractivity contribution < 1.29 is 23.5 Å². The lowest BCUT2D eigenvalue weighted by molar-refractivity contribution is -0.139. The van der Waals surface area contributed by atoms with Crippen molar-refractivity contribution in [3.8, 4) is 0 Å². The van der Waals surface area contributed by atoms with Crippen LogP contribution < -0.4 is 15.5 Å². The lowest BCUT2D eigenvalue weighted by atomic mass is 10.1. The Morgan fingerprint density at radius 1 is 1.07 bits per heavy atom. The van der Waals surface area contributed by atoms with Gasteiger partial charge >= 0.3 is 11.8 Å². The van der Waals surface area contributed by atoms with E-state index in [-0.39, 0.29) is 31.6 Å². The number of amides is 2. The van der Waals surface area contributed by atoms with E-state index in [0.29, 0.717) is 12.2 Å². The van der Waals surface area contributed by atoms with E-state index in [9.17, 15) is 14.0 Å². The van der Waals surface area contributed by atoms with Gasteiger partial charge in [-0.3, -0.25) is 14.5 Å². The molecule has 162 valence electrons. The number of hydrogen-bond acceptors (Lipinski definition) is 6. The van der Waals surface area contributed by atoms with E-state index < -0.39 is 11.8 Å². The molecule has 0 bridgehead atoms. The molecule has 2 aromatic rings. The minimum absolute atomic E-state index is 0.0492. The lowest BCUT2D eigenvalue weighted by Gasteiger charge is -2.39. The largest absolute Gasteiger partial charge is 0.468 e. The second kappa shape index (κ2) is 10.7. The van der Waals surface area contributed by atoms with Crippen molar-refractivity contribution in [2.75, 3.05) is 50.8 Å². The zero-order chi connectivity index (χ0) is 21.3. The van der Waals surface area contributed by atoms with Crippen LogP contribution in [0.2, 0.25) is 0 Å². The number of nitrogens with zero attached hydrogens (tertiary/aromatic N) is 2. The van der Waals surface area contributed by atoms with Gasteiger partial charge < -0.3 is 25.1 Å². The van der Waals surface area contributed by atoms with Crippen LogP contribution in [0.1, 0.15) is 18.2 Å². The van der Waals surface area contributed by atoms with Crippen LogP contribution in [0.25, 0.3) is 0 Å². The van der Waals surface area contributed by atoms with Crippen LogP contribution in [-0.4, -0.2) is 67.7 Å². The summed E-state index contributed by atoms with van der Waals surface area (Å²) in [6, 6.07) is 9.88. The molecule has 0 saturated carbocycles. The van der Waals surface area contributed by atoms with Gasteiger partial charge in [-0.2, -0.15) is 0 Å². The maximum absolute atomic E-state index is 13.2. The van der Waals surface area contributed by atoms with Crippen molar-refractivity contribution in [3.05, 3.63) is 54.2 Å². The number of halogens is 1. The number of hydrogen-bond donors (Lipinski definition) is 3. The van der Waals surface area contributed by atoms with Gasteiger partial charge in [0, 0.05) is 51.6 Å². The fourth-order valence-corrected chi connectivity index (χ4v) is 3.47. The molecule has 3 N–H and O–H groups in total. The molecular weight excluding hydrogens is 391 g/mol. The number of benzene rings is 1. The summed E-state index contributed by atoms with van der Waals surface area (Å²) in [5, 5.41) is 13.9. The summed E-state index contributed by atoms with van der Waals surface area (Å²) >= 11 is 0. The Kier molecular flexibility index (Phi) is 7.81. The van der Waals surface area contributed by atoms with E-state index in [1.165, 1.54) is 12.1 Å². The molecule has 1 atom stereocenters. The van der Waals surface area contributed by atoms with Crippen molar-refractivity contribution in [2.24, 2.45) is 0 Å². The Morgan fingerprint density at radius 3 is 2.40 bits per heavy atom. The molecule has 1 aliphatic heterocycles. The monoisotopic (exact) mass is 418 g/mol. The van der Waals surface area contributed by atoms with Gasteiger partial charge in [0.2, 0.25) is 0 Å². The number of carbonyl (C=O) groups excluding carboxylic acids is 2. The molecule has 1 unspecified atom stereocenters. The number of furan rings is 1. The SMILES string of the molecule is O=C(NCCCO)C(=O)NCC(c1ccco1)N1CCN(c2ccc(F)cc2)CC1. The lowest BCUT2D eigenvalue weighted by Crippen LogP contribution is -2.50. The average molecular weight is 418 g/mol. The highest BCUT2D eigenvalue weighted by atomic mass is 19.1. The molecule has 9 heteroatoms. The second-order valence-corrected chi connectivity index (χ2v) is 7.07. The summed E-state index contributed by atoms with van der Waals surface area (Å²) in [5.74, 6) is -0.977. The Hall–Kier alpha value is -2.91. The molecule has 0 spiro atoms. The highest BCUT2D eigenvalue weighted by Gasteiger charge is 2.28. The highest BCUT2D eigenvalue weighted by Crippen LogP contribution is 2.24. The summed E-state index contributed by atoms with van der Waals surface area (Å²) in [6.45, 7) is 3.37. The third kappa shape index (κ3) is 5.80. The Bertz CT molecular complexity index is 805. The minimum atomic E-state index is -0.720. The fourth-order valence-electron chi connectivity index (χ4n) is 3.47. The smallest absolute Gasteiger partial charge is 0.309 e. The van der Waals surface area contributed by atoms with Gasteiger partial charge in [0.25, 0.3) is 0 Å². The Balaban J connectivity index is 1.56. The molecule has 1 aromatic carbocycles. The van der Waals surface area contributed by atoms with Crippen LogP contribution in [0.4, 0.5) is 10.1 Å². The molecule has 1 saturated heterocycles. The number of nitrogens with one attached hydrogen (secondary N) is 2. The van der Waals surface area contributed by atoms with Gasteiger partial charge in [-0.05, 0) is 42.8 Å². The summed E-state index contributed by atoms with van der Waals surface area (Å²) in [6.07, 6.45) is 1.98. The quantitative estimate of drug-likeness (QED) is 0.435. The Morgan fingerprint density at radius 2 is 1.77 bits per heavy atom. The second-order valence-electron chi connectivity index (χ2n) is 7.07. The third-order valence-electron chi connectivity index (χ3n) is 5.10. The fraction of sp³-hybridized carbons (Fsp3) is 0.429. The first-order valence-corrected chi connectivity index (χ1v) is 10.0. The van der Waals surface area contributed by atoms with Crippen LogP contribution in [0.3, 0.4) is 0 Å². The predicted molar refractivity (Wildman–Crippen MR) is 109 cm³/mol. The number of aliphatic hydroxyl groups is 1. The molecule has 1 aliphatic rings. The maximum atomic E-state index is 13.2. The first-order chi connectivity index (χ1) is 14.6. The number of anilines is 1. The highest BCUT2D eigenvalue weighted by molar-refractivity contribution is 6.35. The maximum Gasteiger partial charge on any atom is 0.309 e. The molecule has 1 aromatic heterocycles. The minimum Gasteiger partial charge on any atom is -0.468 e.